The maximum absolute atomic E-state index is 13.5. The Morgan fingerprint density at radius 2 is 1.62 bits per heavy atom. The van der Waals surface area contributed by atoms with Crippen LogP contribution in [0, 0.1) is 5.92 Å². The SMILES string of the molecule is C[C@H]1[C@@H](CN(C)[C@@H](C)[C@H](O)c2ccccc2)O[C@@H](c2cccc(N3C(=O)CC(NC(=O)OCc4ccccc4)C3=O)c2)O[C@H]1c1ccc(CO)cc1. The summed E-state index contributed by atoms with van der Waals surface area (Å²) < 4.78 is 18.5. The first-order valence-corrected chi connectivity index (χ1v) is 17.5. The molecule has 7 atom stereocenters. The molecule has 2 saturated heterocycles. The highest BCUT2D eigenvalue weighted by Gasteiger charge is 2.42. The topological polar surface area (TPSA) is 138 Å². The standard InChI is InChI=1S/C41H45N3O8/c1-26-35(23-43(3)27(2)37(47)30-13-8-5-9-14-30)51-40(52-38(26)31-19-17-28(24-45)18-20-31)32-15-10-16-33(21-32)44-36(46)22-34(39(44)48)42-41(49)50-25-29-11-6-4-7-12-29/h4-21,26-27,34-35,37-38,40,45,47H,22-25H2,1-3H3,(H,42,49)/t26-,27-,34?,35+,37-,38+,40+/m0/s1. The van der Waals surface area contributed by atoms with Gasteiger partial charge in [-0.05, 0) is 48.4 Å². The minimum absolute atomic E-state index is 0.0309. The lowest BCUT2D eigenvalue weighted by atomic mass is 9.89. The number of carbonyl (C=O) groups is 3. The fraction of sp³-hybridized carbons (Fsp3) is 0.341. The summed E-state index contributed by atoms with van der Waals surface area (Å²) in [7, 11) is 1.95. The monoisotopic (exact) mass is 707 g/mol. The number of anilines is 1. The summed E-state index contributed by atoms with van der Waals surface area (Å²) in [5.41, 5.74) is 4.25. The van der Waals surface area contributed by atoms with Crippen LogP contribution in [0.25, 0.3) is 0 Å². The molecular weight excluding hydrogens is 662 g/mol. The second kappa shape index (κ2) is 16.6. The molecule has 11 nitrogen and oxygen atoms in total. The zero-order valence-corrected chi connectivity index (χ0v) is 29.5. The number of likely N-dealkylation sites (N-methyl/N-ethyl adjacent to an activating group) is 1. The van der Waals surface area contributed by atoms with Gasteiger partial charge in [-0.25, -0.2) is 9.69 Å². The molecule has 0 radical (unpaired) electrons. The third kappa shape index (κ3) is 8.41. The molecular formula is C41H45N3O8. The lowest BCUT2D eigenvalue weighted by Gasteiger charge is -2.43. The number of alkyl carbamates (subject to hydrolysis) is 1. The van der Waals surface area contributed by atoms with Gasteiger partial charge in [0.2, 0.25) is 5.91 Å². The lowest BCUT2D eigenvalue weighted by Crippen LogP contribution is -2.46. The van der Waals surface area contributed by atoms with Crippen LogP contribution in [0.3, 0.4) is 0 Å². The van der Waals surface area contributed by atoms with Crippen molar-refractivity contribution in [3.8, 4) is 0 Å². The van der Waals surface area contributed by atoms with E-state index in [-0.39, 0.29) is 37.7 Å². The first-order chi connectivity index (χ1) is 25.1. The van der Waals surface area contributed by atoms with Gasteiger partial charge in [-0.3, -0.25) is 14.5 Å². The summed E-state index contributed by atoms with van der Waals surface area (Å²) in [4.78, 5) is 42.3. The zero-order valence-electron chi connectivity index (χ0n) is 29.5. The maximum atomic E-state index is 13.5. The second-order valence-electron chi connectivity index (χ2n) is 13.5. The number of aliphatic hydroxyl groups is 2. The summed E-state index contributed by atoms with van der Waals surface area (Å²) in [6, 6.07) is 31.9. The number of carbonyl (C=O) groups excluding carboxylic acids is 3. The molecule has 11 heteroatoms. The van der Waals surface area contributed by atoms with Crippen LogP contribution < -0.4 is 10.2 Å². The van der Waals surface area contributed by atoms with Gasteiger partial charge in [-0.15, -0.1) is 0 Å². The first-order valence-electron chi connectivity index (χ1n) is 17.5. The van der Waals surface area contributed by atoms with Crippen LogP contribution in [-0.4, -0.2) is 64.8 Å². The Kier molecular flexibility index (Phi) is 11.8. The number of nitrogens with one attached hydrogen (secondary N) is 1. The van der Waals surface area contributed by atoms with E-state index >= 15 is 0 Å². The van der Waals surface area contributed by atoms with Crippen LogP contribution in [0.4, 0.5) is 10.5 Å². The van der Waals surface area contributed by atoms with Gasteiger partial charge in [0.05, 0.1) is 37.0 Å². The number of benzene rings is 4. The highest BCUT2D eigenvalue weighted by Crippen LogP contribution is 2.43. The molecule has 6 rings (SSSR count). The van der Waals surface area contributed by atoms with Crippen molar-refractivity contribution in [3.05, 3.63) is 137 Å². The van der Waals surface area contributed by atoms with Crippen LogP contribution >= 0.6 is 0 Å². The summed E-state index contributed by atoms with van der Waals surface area (Å²) in [6.45, 7) is 4.47. The van der Waals surface area contributed by atoms with Gasteiger partial charge in [-0.1, -0.05) is 104 Å². The predicted octanol–water partition coefficient (Wildman–Crippen LogP) is 5.58. The number of imide groups is 1. The molecule has 0 spiro atoms. The van der Waals surface area contributed by atoms with E-state index in [2.05, 4.69) is 17.1 Å². The fourth-order valence-electron chi connectivity index (χ4n) is 6.68. The van der Waals surface area contributed by atoms with Crippen LogP contribution in [-0.2, 0) is 37.0 Å². The summed E-state index contributed by atoms with van der Waals surface area (Å²) >= 11 is 0. The van der Waals surface area contributed by atoms with Gasteiger partial charge >= 0.3 is 6.09 Å². The van der Waals surface area contributed by atoms with E-state index in [0.29, 0.717) is 17.8 Å². The highest BCUT2D eigenvalue weighted by molar-refractivity contribution is 6.22. The Bertz CT molecular complexity index is 1820. The molecule has 1 unspecified atom stereocenters. The second-order valence-corrected chi connectivity index (χ2v) is 13.5. The molecule has 0 saturated carbocycles. The molecule has 2 fully saturated rings. The number of ether oxygens (including phenoxy) is 3. The Morgan fingerprint density at radius 1 is 0.923 bits per heavy atom. The molecule has 2 heterocycles. The Hall–Kier alpha value is -4.91. The van der Waals surface area contributed by atoms with E-state index in [9.17, 15) is 24.6 Å². The maximum Gasteiger partial charge on any atom is 0.408 e. The normalized spacial score (nSPS) is 23.0. The summed E-state index contributed by atoms with van der Waals surface area (Å²) in [6.07, 6.45) is -3.30. The molecule has 0 aliphatic carbocycles. The van der Waals surface area contributed by atoms with E-state index in [1.54, 1.807) is 18.2 Å². The van der Waals surface area contributed by atoms with Crippen LogP contribution in [0.15, 0.2) is 109 Å². The van der Waals surface area contributed by atoms with Gasteiger partial charge in [0, 0.05) is 24.1 Å². The smallest absolute Gasteiger partial charge is 0.408 e. The van der Waals surface area contributed by atoms with Gasteiger partial charge in [0.25, 0.3) is 5.91 Å². The highest BCUT2D eigenvalue weighted by atomic mass is 16.7. The number of aliphatic hydroxyl groups excluding tert-OH is 2. The molecule has 52 heavy (non-hydrogen) atoms. The van der Waals surface area contributed by atoms with Crippen molar-refractivity contribution >= 4 is 23.6 Å². The summed E-state index contributed by atoms with van der Waals surface area (Å²) in [5.74, 6) is -1.13. The minimum atomic E-state index is -1.07. The molecule has 272 valence electrons. The van der Waals surface area contributed by atoms with Crippen LogP contribution in [0.2, 0.25) is 0 Å². The molecule has 3 amide bonds. The molecule has 4 aromatic carbocycles. The van der Waals surface area contributed by atoms with Crippen molar-refractivity contribution in [2.75, 3.05) is 18.5 Å². The molecule has 0 bridgehead atoms. The van der Waals surface area contributed by atoms with Gasteiger partial charge in [-0.2, -0.15) is 0 Å². The Balaban J connectivity index is 1.19. The van der Waals surface area contributed by atoms with Crippen molar-refractivity contribution in [3.63, 3.8) is 0 Å². The van der Waals surface area contributed by atoms with E-state index in [4.69, 9.17) is 14.2 Å². The van der Waals surface area contributed by atoms with E-state index in [1.807, 2.05) is 105 Å². The van der Waals surface area contributed by atoms with Gasteiger partial charge in [0.15, 0.2) is 6.29 Å². The Morgan fingerprint density at radius 3 is 2.31 bits per heavy atom. The van der Waals surface area contributed by atoms with E-state index in [0.717, 1.165) is 27.2 Å². The fourth-order valence-corrected chi connectivity index (χ4v) is 6.68. The molecule has 4 aromatic rings. The average molecular weight is 708 g/mol. The molecule has 2 aliphatic heterocycles. The van der Waals surface area contributed by atoms with Crippen molar-refractivity contribution < 1.29 is 38.8 Å². The number of hydrogen-bond acceptors (Lipinski definition) is 9. The van der Waals surface area contributed by atoms with E-state index < -0.39 is 42.4 Å². The number of nitrogens with zero attached hydrogens (tertiary/aromatic N) is 2. The molecule has 0 aromatic heterocycles. The van der Waals surface area contributed by atoms with Crippen LogP contribution in [0.1, 0.15) is 66.6 Å². The first kappa shape index (κ1) is 36.9. The molecule has 2 aliphatic rings. The summed E-state index contributed by atoms with van der Waals surface area (Å²) in [5, 5.41) is 23.3. The number of hydrogen-bond donors (Lipinski definition) is 3. The average Bonchev–Trinajstić information content (AvgIpc) is 3.46. The minimum Gasteiger partial charge on any atom is -0.445 e. The van der Waals surface area contributed by atoms with Gasteiger partial charge in [0.1, 0.15) is 12.6 Å². The van der Waals surface area contributed by atoms with Crippen LogP contribution in [0.5, 0.6) is 0 Å². The predicted molar refractivity (Wildman–Crippen MR) is 194 cm³/mol. The van der Waals surface area contributed by atoms with E-state index in [1.165, 1.54) is 0 Å². The van der Waals surface area contributed by atoms with Crippen molar-refractivity contribution in [1.82, 2.24) is 10.2 Å². The number of amides is 3. The van der Waals surface area contributed by atoms with Crippen molar-refractivity contribution in [2.24, 2.45) is 5.92 Å². The van der Waals surface area contributed by atoms with Crippen molar-refractivity contribution in [2.45, 2.75) is 70.2 Å². The lowest BCUT2D eigenvalue weighted by molar-refractivity contribution is -0.276. The zero-order chi connectivity index (χ0) is 36.8. The third-order valence-corrected chi connectivity index (χ3v) is 9.94. The quantitative estimate of drug-likeness (QED) is 0.161. The number of rotatable bonds is 12. The van der Waals surface area contributed by atoms with Gasteiger partial charge < -0.3 is 29.7 Å². The third-order valence-electron chi connectivity index (χ3n) is 9.94. The van der Waals surface area contributed by atoms with Crippen molar-refractivity contribution in [1.29, 1.82) is 0 Å². The largest absolute Gasteiger partial charge is 0.445 e. The molecule has 3 N–H and O–H groups in total. The Labute approximate surface area is 303 Å².